The number of nitrogens with zero attached hydrogens (tertiary/aromatic N) is 1. The van der Waals surface area contributed by atoms with Gasteiger partial charge in [-0.05, 0) is 26.0 Å². The SMILES string of the molecule is CCOC(=O)CCN(C)C(=O)c1c(N)cccc1OCC. The third-order valence-electron chi connectivity index (χ3n) is 2.88. The standard InChI is InChI=1S/C15H22N2O4/c1-4-20-12-8-6-7-11(16)14(12)15(19)17(3)10-9-13(18)21-5-2/h6-8H,4-5,9-10,16H2,1-3H3. The van der Waals surface area contributed by atoms with Crippen molar-refractivity contribution >= 4 is 17.6 Å². The monoisotopic (exact) mass is 294 g/mol. The van der Waals surface area contributed by atoms with Gasteiger partial charge in [-0.1, -0.05) is 6.07 Å². The van der Waals surface area contributed by atoms with Crippen LogP contribution in [0.15, 0.2) is 18.2 Å². The third kappa shape index (κ3) is 4.66. The highest BCUT2D eigenvalue weighted by molar-refractivity contribution is 6.01. The molecule has 6 nitrogen and oxygen atoms in total. The fraction of sp³-hybridized carbons (Fsp3) is 0.467. The second-order valence-corrected chi connectivity index (χ2v) is 4.44. The molecule has 0 heterocycles. The van der Waals surface area contributed by atoms with Crippen LogP contribution in [-0.2, 0) is 9.53 Å². The van der Waals surface area contributed by atoms with E-state index < -0.39 is 0 Å². The van der Waals surface area contributed by atoms with Gasteiger partial charge in [0, 0.05) is 19.3 Å². The Hall–Kier alpha value is -2.24. The van der Waals surface area contributed by atoms with Gasteiger partial charge in [-0.2, -0.15) is 0 Å². The van der Waals surface area contributed by atoms with Crippen LogP contribution < -0.4 is 10.5 Å². The van der Waals surface area contributed by atoms with Crippen molar-refractivity contribution in [3.8, 4) is 5.75 Å². The lowest BCUT2D eigenvalue weighted by Crippen LogP contribution is -2.30. The van der Waals surface area contributed by atoms with Crippen molar-refractivity contribution in [1.29, 1.82) is 0 Å². The largest absolute Gasteiger partial charge is 0.493 e. The lowest BCUT2D eigenvalue weighted by Gasteiger charge is -2.19. The zero-order valence-electron chi connectivity index (χ0n) is 12.7. The smallest absolute Gasteiger partial charge is 0.307 e. The molecule has 6 heteroatoms. The molecule has 0 fully saturated rings. The van der Waals surface area contributed by atoms with Crippen LogP contribution in [0.5, 0.6) is 5.75 Å². The van der Waals surface area contributed by atoms with E-state index in [2.05, 4.69) is 0 Å². The third-order valence-corrected chi connectivity index (χ3v) is 2.88. The molecule has 0 aliphatic heterocycles. The Morgan fingerprint density at radius 2 is 1.95 bits per heavy atom. The first-order valence-corrected chi connectivity index (χ1v) is 6.93. The van der Waals surface area contributed by atoms with Gasteiger partial charge in [0.2, 0.25) is 0 Å². The number of carbonyl (C=O) groups excluding carboxylic acids is 2. The molecule has 0 spiro atoms. The summed E-state index contributed by atoms with van der Waals surface area (Å²) in [5.74, 6) is -0.158. The zero-order valence-corrected chi connectivity index (χ0v) is 12.7. The van der Waals surface area contributed by atoms with E-state index in [0.717, 1.165) is 0 Å². The topological polar surface area (TPSA) is 81.9 Å². The maximum absolute atomic E-state index is 12.4. The number of amides is 1. The maximum Gasteiger partial charge on any atom is 0.307 e. The number of rotatable bonds is 7. The van der Waals surface area contributed by atoms with Crippen molar-refractivity contribution in [1.82, 2.24) is 4.90 Å². The minimum Gasteiger partial charge on any atom is -0.493 e. The molecule has 0 radical (unpaired) electrons. The summed E-state index contributed by atoms with van der Waals surface area (Å²) in [6.07, 6.45) is 0.146. The van der Waals surface area contributed by atoms with Gasteiger partial charge in [0.15, 0.2) is 0 Å². The van der Waals surface area contributed by atoms with Crippen molar-refractivity contribution in [3.05, 3.63) is 23.8 Å². The summed E-state index contributed by atoms with van der Waals surface area (Å²) in [6, 6.07) is 5.08. The fourth-order valence-corrected chi connectivity index (χ4v) is 1.84. The Balaban J connectivity index is 2.80. The first kappa shape index (κ1) is 16.8. The van der Waals surface area contributed by atoms with Gasteiger partial charge in [0.25, 0.3) is 5.91 Å². The maximum atomic E-state index is 12.4. The van der Waals surface area contributed by atoms with E-state index in [1.165, 1.54) is 4.90 Å². The Bertz CT molecular complexity index is 502. The quantitative estimate of drug-likeness (QED) is 0.611. The van der Waals surface area contributed by atoms with Crippen molar-refractivity contribution in [2.24, 2.45) is 0 Å². The van der Waals surface area contributed by atoms with Crippen LogP contribution in [0.1, 0.15) is 30.6 Å². The van der Waals surface area contributed by atoms with Crippen molar-refractivity contribution in [2.75, 3.05) is 32.5 Å². The summed E-state index contributed by atoms with van der Waals surface area (Å²) < 4.78 is 10.3. The molecule has 0 unspecified atom stereocenters. The highest BCUT2D eigenvalue weighted by Gasteiger charge is 2.20. The lowest BCUT2D eigenvalue weighted by molar-refractivity contribution is -0.143. The van der Waals surface area contributed by atoms with Crippen LogP contribution in [-0.4, -0.2) is 43.6 Å². The van der Waals surface area contributed by atoms with Gasteiger partial charge in [0.05, 0.1) is 19.6 Å². The molecule has 1 amide bonds. The average molecular weight is 294 g/mol. The summed E-state index contributed by atoms with van der Waals surface area (Å²) in [4.78, 5) is 25.2. The Morgan fingerprint density at radius 1 is 1.24 bits per heavy atom. The van der Waals surface area contributed by atoms with Gasteiger partial charge < -0.3 is 20.1 Å². The molecule has 0 bridgehead atoms. The van der Waals surface area contributed by atoms with Crippen LogP contribution in [0, 0.1) is 0 Å². The van der Waals surface area contributed by atoms with Crippen LogP contribution in [0.2, 0.25) is 0 Å². The second kappa shape index (κ2) is 8.14. The normalized spacial score (nSPS) is 10.0. The molecule has 0 aliphatic rings. The molecular formula is C15H22N2O4. The summed E-state index contributed by atoms with van der Waals surface area (Å²) in [5, 5.41) is 0. The van der Waals surface area contributed by atoms with E-state index in [1.807, 2.05) is 6.92 Å². The number of hydrogen-bond acceptors (Lipinski definition) is 5. The van der Waals surface area contributed by atoms with Gasteiger partial charge in [-0.3, -0.25) is 9.59 Å². The molecule has 1 rings (SSSR count). The van der Waals surface area contributed by atoms with Crippen molar-refractivity contribution in [2.45, 2.75) is 20.3 Å². The van der Waals surface area contributed by atoms with Gasteiger partial charge in [0.1, 0.15) is 11.3 Å². The van der Waals surface area contributed by atoms with E-state index in [0.29, 0.717) is 30.2 Å². The van der Waals surface area contributed by atoms with Crippen LogP contribution >= 0.6 is 0 Å². The van der Waals surface area contributed by atoms with Gasteiger partial charge in [-0.25, -0.2) is 0 Å². The molecule has 2 N–H and O–H groups in total. The van der Waals surface area contributed by atoms with E-state index in [4.69, 9.17) is 15.2 Å². The molecule has 0 aromatic heterocycles. The molecule has 0 saturated heterocycles. The number of benzene rings is 1. The molecule has 1 aromatic rings. The zero-order chi connectivity index (χ0) is 15.8. The minimum absolute atomic E-state index is 0.146. The first-order chi connectivity index (χ1) is 10.0. The van der Waals surface area contributed by atoms with Gasteiger partial charge >= 0.3 is 5.97 Å². The Labute approximate surface area is 124 Å². The fourth-order valence-electron chi connectivity index (χ4n) is 1.84. The predicted molar refractivity (Wildman–Crippen MR) is 80.2 cm³/mol. The summed E-state index contributed by atoms with van der Waals surface area (Å²) in [7, 11) is 1.61. The highest BCUT2D eigenvalue weighted by atomic mass is 16.5. The van der Waals surface area contributed by atoms with E-state index in [-0.39, 0.29) is 24.8 Å². The number of nitrogen functional groups attached to an aromatic ring is 1. The number of ether oxygens (including phenoxy) is 2. The molecule has 0 atom stereocenters. The number of anilines is 1. The van der Waals surface area contributed by atoms with Crippen LogP contribution in [0.4, 0.5) is 5.69 Å². The van der Waals surface area contributed by atoms with E-state index >= 15 is 0 Å². The summed E-state index contributed by atoms with van der Waals surface area (Å²) in [6.45, 7) is 4.61. The second-order valence-electron chi connectivity index (χ2n) is 4.44. The highest BCUT2D eigenvalue weighted by Crippen LogP contribution is 2.25. The van der Waals surface area contributed by atoms with Gasteiger partial charge in [-0.15, -0.1) is 0 Å². The molecule has 0 aliphatic carbocycles. The Morgan fingerprint density at radius 3 is 2.57 bits per heavy atom. The summed E-state index contributed by atoms with van der Waals surface area (Å²) >= 11 is 0. The molecule has 0 saturated carbocycles. The molecule has 1 aromatic carbocycles. The Kier molecular flexibility index (Phi) is 6.52. The van der Waals surface area contributed by atoms with Crippen molar-refractivity contribution < 1.29 is 19.1 Å². The molecular weight excluding hydrogens is 272 g/mol. The molecule has 116 valence electrons. The van der Waals surface area contributed by atoms with E-state index in [1.54, 1.807) is 32.2 Å². The molecule has 21 heavy (non-hydrogen) atoms. The van der Waals surface area contributed by atoms with Crippen molar-refractivity contribution in [3.63, 3.8) is 0 Å². The number of nitrogens with two attached hydrogens (primary N) is 1. The minimum atomic E-state index is -0.330. The van der Waals surface area contributed by atoms with Crippen LogP contribution in [0.25, 0.3) is 0 Å². The number of hydrogen-bond donors (Lipinski definition) is 1. The number of carbonyl (C=O) groups is 2. The number of esters is 1. The lowest BCUT2D eigenvalue weighted by atomic mass is 10.1. The average Bonchev–Trinajstić information content (AvgIpc) is 2.45. The van der Waals surface area contributed by atoms with Crippen LogP contribution in [0.3, 0.4) is 0 Å². The van der Waals surface area contributed by atoms with E-state index in [9.17, 15) is 9.59 Å². The predicted octanol–water partition coefficient (Wildman–Crippen LogP) is 1.69. The first-order valence-electron chi connectivity index (χ1n) is 6.93. The summed E-state index contributed by atoms with van der Waals surface area (Å²) in [5.41, 5.74) is 6.56.